The predicted octanol–water partition coefficient (Wildman–Crippen LogP) is 2.02. The smallest absolute Gasteiger partial charge is 0.0492 e. The summed E-state index contributed by atoms with van der Waals surface area (Å²) in [5.74, 6) is 0. The van der Waals surface area contributed by atoms with Gasteiger partial charge >= 0.3 is 0 Å². The van der Waals surface area contributed by atoms with Crippen LogP contribution in [0, 0.1) is 6.92 Å². The highest BCUT2D eigenvalue weighted by Gasteiger charge is 2.12. The predicted molar refractivity (Wildman–Crippen MR) is 72.3 cm³/mol. The molecule has 2 rings (SSSR count). The Bertz CT molecular complexity index is 504. The Morgan fingerprint density at radius 1 is 1.33 bits per heavy atom. The number of hydrogen-bond acceptors (Lipinski definition) is 3. The molecule has 0 saturated heterocycles. The summed E-state index contributed by atoms with van der Waals surface area (Å²) in [4.78, 5) is 4.22. The largest absolute Gasteiger partial charge is 0.313 e. The Balaban J connectivity index is 2.07. The van der Waals surface area contributed by atoms with Crippen LogP contribution >= 0.6 is 0 Å². The highest BCUT2D eigenvalue weighted by Crippen LogP contribution is 2.20. The Labute approximate surface area is 108 Å². The molecule has 0 aliphatic carbocycles. The fourth-order valence-corrected chi connectivity index (χ4v) is 2.24. The van der Waals surface area contributed by atoms with E-state index in [1.54, 1.807) is 0 Å². The zero-order chi connectivity index (χ0) is 13.0. The van der Waals surface area contributed by atoms with Gasteiger partial charge in [0.05, 0.1) is 0 Å². The van der Waals surface area contributed by atoms with Gasteiger partial charge in [0.15, 0.2) is 0 Å². The molecule has 2 heterocycles. The van der Waals surface area contributed by atoms with Gasteiger partial charge in [-0.2, -0.15) is 5.10 Å². The van der Waals surface area contributed by atoms with Crippen LogP contribution in [0.4, 0.5) is 0 Å². The molecule has 0 aromatic carbocycles. The molecule has 0 amide bonds. The number of aromatic nitrogens is 3. The molecule has 0 aliphatic heterocycles. The van der Waals surface area contributed by atoms with Crippen molar-refractivity contribution in [3.63, 3.8) is 0 Å². The van der Waals surface area contributed by atoms with Crippen LogP contribution in [0.2, 0.25) is 0 Å². The van der Waals surface area contributed by atoms with Gasteiger partial charge in [0.1, 0.15) is 0 Å². The molecule has 0 fully saturated rings. The molecule has 18 heavy (non-hydrogen) atoms. The number of pyridine rings is 1. The molecule has 0 saturated carbocycles. The average Bonchev–Trinajstić information content (AvgIpc) is 2.78. The standard InChI is InChI=1S/C14H20N4/c1-11-6-8-16-10-13(11)14(15-2)5-4-12-7-9-17-18(12)3/h6-10,14-15H,4-5H2,1-3H3. The summed E-state index contributed by atoms with van der Waals surface area (Å²) in [7, 11) is 3.99. The Morgan fingerprint density at radius 2 is 2.17 bits per heavy atom. The van der Waals surface area contributed by atoms with Gasteiger partial charge in [0.2, 0.25) is 0 Å². The third-order valence-corrected chi connectivity index (χ3v) is 3.42. The summed E-state index contributed by atoms with van der Waals surface area (Å²) < 4.78 is 1.93. The lowest BCUT2D eigenvalue weighted by Crippen LogP contribution is -2.19. The number of aryl methyl sites for hydroxylation is 3. The van der Waals surface area contributed by atoms with E-state index in [9.17, 15) is 0 Å². The normalized spacial score (nSPS) is 12.6. The molecular weight excluding hydrogens is 224 g/mol. The summed E-state index contributed by atoms with van der Waals surface area (Å²) >= 11 is 0. The second-order valence-electron chi connectivity index (χ2n) is 4.56. The quantitative estimate of drug-likeness (QED) is 0.875. The maximum absolute atomic E-state index is 4.22. The first-order valence-electron chi connectivity index (χ1n) is 6.27. The first kappa shape index (κ1) is 12.8. The summed E-state index contributed by atoms with van der Waals surface area (Å²) in [6.45, 7) is 2.13. The van der Waals surface area contributed by atoms with Gasteiger partial charge in [-0.3, -0.25) is 9.67 Å². The topological polar surface area (TPSA) is 42.7 Å². The third-order valence-electron chi connectivity index (χ3n) is 3.42. The van der Waals surface area contributed by atoms with Crippen LogP contribution < -0.4 is 5.32 Å². The van der Waals surface area contributed by atoms with Crippen molar-refractivity contribution in [1.29, 1.82) is 0 Å². The fourth-order valence-electron chi connectivity index (χ4n) is 2.24. The number of rotatable bonds is 5. The van der Waals surface area contributed by atoms with Gasteiger partial charge < -0.3 is 5.32 Å². The van der Waals surface area contributed by atoms with E-state index in [0.717, 1.165) is 12.8 Å². The summed E-state index contributed by atoms with van der Waals surface area (Å²) in [5.41, 5.74) is 3.83. The SMILES string of the molecule is CNC(CCc1ccnn1C)c1cnccc1C. The van der Waals surface area contributed by atoms with Crippen LogP contribution in [0.25, 0.3) is 0 Å². The molecule has 1 unspecified atom stereocenters. The van der Waals surface area contributed by atoms with E-state index in [4.69, 9.17) is 0 Å². The maximum atomic E-state index is 4.22. The molecule has 0 bridgehead atoms. The second kappa shape index (κ2) is 5.78. The van der Waals surface area contributed by atoms with E-state index < -0.39 is 0 Å². The minimum Gasteiger partial charge on any atom is -0.313 e. The molecule has 0 radical (unpaired) electrons. The van der Waals surface area contributed by atoms with Crippen molar-refractivity contribution in [2.75, 3.05) is 7.05 Å². The zero-order valence-corrected chi connectivity index (χ0v) is 11.2. The van der Waals surface area contributed by atoms with Crippen molar-refractivity contribution in [1.82, 2.24) is 20.1 Å². The van der Waals surface area contributed by atoms with Crippen LogP contribution in [0.15, 0.2) is 30.7 Å². The van der Waals surface area contributed by atoms with E-state index >= 15 is 0 Å². The zero-order valence-electron chi connectivity index (χ0n) is 11.2. The van der Waals surface area contributed by atoms with Crippen LogP contribution in [0.1, 0.15) is 29.3 Å². The first-order valence-corrected chi connectivity index (χ1v) is 6.27. The Hall–Kier alpha value is -1.68. The Morgan fingerprint density at radius 3 is 2.78 bits per heavy atom. The number of hydrogen-bond donors (Lipinski definition) is 1. The van der Waals surface area contributed by atoms with Crippen molar-refractivity contribution in [3.05, 3.63) is 47.5 Å². The monoisotopic (exact) mass is 244 g/mol. The molecule has 96 valence electrons. The molecule has 4 heteroatoms. The Kier molecular flexibility index (Phi) is 4.10. The van der Waals surface area contributed by atoms with E-state index in [1.165, 1.54) is 16.8 Å². The number of nitrogens with one attached hydrogen (secondary N) is 1. The lowest BCUT2D eigenvalue weighted by molar-refractivity contribution is 0.532. The summed E-state index contributed by atoms with van der Waals surface area (Å²) in [6, 6.07) is 4.47. The van der Waals surface area contributed by atoms with Gasteiger partial charge in [0, 0.05) is 37.4 Å². The molecule has 1 atom stereocenters. The van der Waals surface area contributed by atoms with Crippen LogP contribution in [0.3, 0.4) is 0 Å². The van der Waals surface area contributed by atoms with Gasteiger partial charge in [-0.05, 0) is 50.1 Å². The minimum absolute atomic E-state index is 0.341. The summed E-state index contributed by atoms with van der Waals surface area (Å²) in [5, 5.41) is 7.57. The van der Waals surface area contributed by atoms with Crippen molar-refractivity contribution >= 4 is 0 Å². The van der Waals surface area contributed by atoms with Crippen molar-refractivity contribution in [3.8, 4) is 0 Å². The third kappa shape index (κ3) is 2.76. The first-order chi connectivity index (χ1) is 8.72. The highest BCUT2D eigenvalue weighted by atomic mass is 15.2. The molecular formula is C14H20N4. The minimum atomic E-state index is 0.341. The molecule has 2 aromatic rings. The maximum Gasteiger partial charge on any atom is 0.0492 e. The van der Waals surface area contributed by atoms with E-state index in [1.807, 2.05) is 37.4 Å². The number of nitrogens with zero attached hydrogens (tertiary/aromatic N) is 3. The van der Waals surface area contributed by atoms with Gasteiger partial charge in [-0.1, -0.05) is 0 Å². The highest BCUT2D eigenvalue weighted by molar-refractivity contribution is 5.25. The van der Waals surface area contributed by atoms with Crippen molar-refractivity contribution < 1.29 is 0 Å². The van der Waals surface area contributed by atoms with Gasteiger partial charge in [-0.15, -0.1) is 0 Å². The fraction of sp³-hybridized carbons (Fsp3) is 0.429. The molecule has 2 aromatic heterocycles. The van der Waals surface area contributed by atoms with E-state index in [2.05, 4.69) is 34.5 Å². The van der Waals surface area contributed by atoms with E-state index in [0.29, 0.717) is 6.04 Å². The lowest BCUT2D eigenvalue weighted by atomic mass is 9.99. The molecule has 1 N–H and O–H groups in total. The average molecular weight is 244 g/mol. The van der Waals surface area contributed by atoms with Crippen LogP contribution in [-0.2, 0) is 13.5 Å². The molecule has 4 nitrogen and oxygen atoms in total. The lowest BCUT2D eigenvalue weighted by Gasteiger charge is -2.18. The van der Waals surface area contributed by atoms with E-state index in [-0.39, 0.29) is 0 Å². The molecule has 0 aliphatic rings. The van der Waals surface area contributed by atoms with Crippen molar-refractivity contribution in [2.45, 2.75) is 25.8 Å². The van der Waals surface area contributed by atoms with Gasteiger partial charge in [0.25, 0.3) is 0 Å². The summed E-state index contributed by atoms with van der Waals surface area (Å²) in [6.07, 6.45) is 7.70. The molecule has 0 spiro atoms. The second-order valence-corrected chi connectivity index (χ2v) is 4.56. The van der Waals surface area contributed by atoms with Crippen molar-refractivity contribution in [2.24, 2.45) is 7.05 Å². The van der Waals surface area contributed by atoms with Crippen LogP contribution in [-0.4, -0.2) is 21.8 Å². The van der Waals surface area contributed by atoms with Crippen LogP contribution in [0.5, 0.6) is 0 Å². The van der Waals surface area contributed by atoms with Gasteiger partial charge in [-0.25, -0.2) is 0 Å².